The van der Waals surface area contributed by atoms with Gasteiger partial charge in [-0.2, -0.15) is 0 Å². The van der Waals surface area contributed by atoms with Gasteiger partial charge in [-0.1, -0.05) is 19.6 Å². The fraction of sp³-hybridized carbons (Fsp3) is 0.750. The minimum Gasteiger partial charge on any atom is -0.548 e. The van der Waals surface area contributed by atoms with Crippen LogP contribution in [-0.4, -0.2) is 66.3 Å². The second-order valence-electron chi connectivity index (χ2n) is 20.4. The number of rotatable bonds is 16. The first kappa shape index (κ1) is 44.3. The van der Waals surface area contributed by atoms with E-state index in [1.165, 1.54) is 0 Å². The van der Waals surface area contributed by atoms with Crippen molar-refractivity contribution < 1.29 is 31.0 Å². The van der Waals surface area contributed by atoms with Crippen molar-refractivity contribution in [2.75, 3.05) is 0 Å². The Morgan fingerprint density at radius 1 is 0.298 bits per heavy atom. The summed E-state index contributed by atoms with van der Waals surface area (Å²) in [7, 11) is -17.7. The Hall–Kier alpha value is -0.705. The van der Waals surface area contributed by atoms with Gasteiger partial charge in [0.25, 0.3) is 0 Å². The first-order valence-electron chi connectivity index (χ1n) is 17.1. The van der Waals surface area contributed by atoms with Crippen LogP contribution in [-0.2, 0) is 8.85 Å². The van der Waals surface area contributed by atoms with E-state index in [9.17, 15) is 0 Å². The highest BCUT2D eigenvalue weighted by molar-refractivity contribution is 6.85. The molecule has 0 heterocycles. The third-order valence-corrected chi connectivity index (χ3v) is 12.9. The normalized spacial score (nSPS) is 14.7. The van der Waals surface area contributed by atoms with Gasteiger partial charge in [-0.15, -0.1) is 0 Å². The number of hydrogen-bond donors (Lipinski definition) is 0. The lowest BCUT2D eigenvalue weighted by Crippen LogP contribution is -2.39. The Morgan fingerprint density at radius 2 is 0.532 bits per heavy atom. The summed E-state index contributed by atoms with van der Waals surface area (Å²) < 4.78 is 50.2. The molecule has 47 heavy (non-hydrogen) atoms. The lowest BCUT2D eigenvalue weighted by Gasteiger charge is -2.39. The van der Waals surface area contributed by atoms with Gasteiger partial charge in [-0.05, 0) is 137 Å². The molecule has 0 N–H and O–H groups in total. The summed E-state index contributed by atoms with van der Waals surface area (Å²) in [6.45, 7) is 53.4. The van der Waals surface area contributed by atoms with E-state index in [1.54, 1.807) is 0 Å². The van der Waals surface area contributed by atoms with Crippen LogP contribution >= 0.6 is 0 Å². The molecule has 0 aromatic heterocycles. The van der Waals surface area contributed by atoms with Crippen LogP contribution in [0, 0.1) is 0 Å². The summed E-state index contributed by atoms with van der Waals surface area (Å²) >= 11 is 0. The van der Waals surface area contributed by atoms with E-state index in [4.69, 9.17) is 31.0 Å². The Morgan fingerprint density at radius 3 is 0.745 bits per heavy atom. The van der Waals surface area contributed by atoms with Crippen LogP contribution in [0.25, 0.3) is 5.76 Å². The Kier molecular flexibility index (Phi) is 13.7. The van der Waals surface area contributed by atoms with Gasteiger partial charge in [0.2, 0.25) is 58.2 Å². The molecule has 274 valence electrons. The molecule has 0 aliphatic carbocycles. The molecule has 7 nitrogen and oxygen atoms in total. The minimum absolute atomic E-state index is 0.604. The van der Waals surface area contributed by atoms with Crippen molar-refractivity contribution in [1.29, 1.82) is 0 Å². The summed E-state index contributed by atoms with van der Waals surface area (Å²) in [5.41, 5.74) is 0.761. The molecule has 0 bridgehead atoms. The first-order chi connectivity index (χ1) is 20.3. The Labute approximate surface area is 298 Å². The van der Waals surface area contributed by atoms with Gasteiger partial charge in [0.1, 0.15) is 19.4 Å². The molecule has 1 aromatic carbocycles. The van der Waals surface area contributed by atoms with Gasteiger partial charge in [-0.3, -0.25) is 0 Å². The highest BCUT2D eigenvalue weighted by atomic mass is 28.4. The van der Waals surface area contributed by atoms with Crippen molar-refractivity contribution in [1.82, 2.24) is 0 Å². The maximum absolute atomic E-state index is 7.28. The maximum atomic E-state index is 7.28. The summed E-state index contributed by atoms with van der Waals surface area (Å²) in [5.74, 6) is 3.83. The lowest BCUT2D eigenvalue weighted by molar-refractivity contribution is 0.398. The fourth-order valence-electron chi connectivity index (χ4n) is 4.21. The molecular formula is C32H72O7Si8. The quantitative estimate of drug-likeness (QED) is 0.122. The van der Waals surface area contributed by atoms with Crippen LogP contribution in [0.3, 0.4) is 0 Å². The van der Waals surface area contributed by atoms with E-state index < -0.39 is 66.3 Å². The predicted molar refractivity (Wildman–Crippen MR) is 225 cm³/mol. The Bertz CT molecular complexity index is 1220. The molecule has 15 heteroatoms. The van der Waals surface area contributed by atoms with Crippen LogP contribution in [0.4, 0.5) is 0 Å². The molecule has 0 amide bonds. The molecule has 1 rings (SSSR count). The molecule has 0 fully saturated rings. The average Bonchev–Trinajstić information content (AvgIpc) is 2.69. The molecule has 0 aliphatic rings. The van der Waals surface area contributed by atoms with Crippen molar-refractivity contribution in [2.45, 2.75) is 157 Å². The van der Waals surface area contributed by atoms with Crippen LogP contribution < -0.4 is 22.1 Å². The van der Waals surface area contributed by atoms with E-state index in [2.05, 4.69) is 157 Å². The van der Waals surface area contributed by atoms with Gasteiger partial charge in [0.05, 0.1) is 5.38 Å². The molecule has 1 aromatic rings. The zero-order valence-corrected chi connectivity index (χ0v) is 42.9. The highest BCUT2D eigenvalue weighted by Crippen LogP contribution is 2.59. The van der Waals surface area contributed by atoms with Gasteiger partial charge in [0.15, 0.2) is 28.7 Å². The predicted octanol–water partition coefficient (Wildman–Crippen LogP) is 12.0. The average molecular weight is 794 g/mol. The van der Waals surface area contributed by atoms with Crippen LogP contribution in [0.2, 0.25) is 157 Å². The van der Waals surface area contributed by atoms with Crippen molar-refractivity contribution in [3.63, 3.8) is 0 Å². The zero-order valence-electron chi connectivity index (χ0n) is 34.9. The van der Waals surface area contributed by atoms with Crippen LogP contribution in [0.5, 0.6) is 28.7 Å². The lowest BCUT2D eigenvalue weighted by atomic mass is 10.1. The zero-order chi connectivity index (χ0) is 37.6. The third kappa shape index (κ3) is 16.2. The monoisotopic (exact) mass is 792 g/mol. The standard InChI is InChI=1S/C32H72O7Si8/c1-40(2,3)32(39-47(22,23)24)28(35-43(10,11)12)25-26(33-41(4,5)6)29(36-44(13,14)15)31(38-46(19,20)21)30(37-45(16,17)18)27(25)34-42(7,8)9/h1-24H3. The van der Waals surface area contributed by atoms with Gasteiger partial charge in [-0.25, -0.2) is 0 Å². The second kappa shape index (κ2) is 14.5. The topological polar surface area (TPSA) is 64.6 Å². The molecule has 0 saturated heterocycles. The van der Waals surface area contributed by atoms with E-state index >= 15 is 0 Å². The number of benzene rings is 1. The van der Waals surface area contributed by atoms with Gasteiger partial charge < -0.3 is 31.0 Å². The van der Waals surface area contributed by atoms with Crippen LogP contribution in [0.15, 0.2) is 5.38 Å². The second-order valence-corrected chi connectivity index (χ2v) is 56.4. The maximum Gasteiger partial charge on any atom is 0.242 e. The first-order valence-corrected chi connectivity index (χ1v) is 44.5. The highest BCUT2D eigenvalue weighted by Gasteiger charge is 2.44. The van der Waals surface area contributed by atoms with E-state index in [0.717, 1.165) is 16.7 Å². The summed E-state index contributed by atoms with van der Waals surface area (Å²) in [6.07, 6.45) is 0. The van der Waals surface area contributed by atoms with Crippen molar-refractivity contribution >= 4 is 72.1 Å². The van der Waals surface area contributed by atoms with Gasteiger partial charge in [0, 0.05) is 0 Å². The van der Waals surface area contributed by atoms with Crippen molar-refractivity contribution in [3.05, 3.63) is 10.9 Å². The molecule has 0 radical (unpaired) electrons. The van der Waals surface area contributed by atoms with Crippen molar-refractivity contribution in [3.8, 4) is 28.7 Å². The van der Waals surface area contributed by atoms with Crippen LogP contribution in [0.1, 0.15) is 5.56 Å². The molecule has 0 spiro atoms. The summed E-state index contributed by atoms with van der Waals surface area (Å²) in [6, 6.07) is 0. The largest absolute Gasteiger partial charge is 0.548 e. The third-order valence-electron chi connectivity index (χ3n) is 5.25. The van der Waals surface area contributed by atoms with Gasteiger partial charge >= 0.3 is 0 Å². The van der Waals surface area contributed by atoms with E-state index in [-0.39, 0.29) is 0 Å². The fourth-order valence-corrected chi connectivity index (χ4v) is 12.8. The van der Waals surface area contributed by atoms with E-state index in [1.807, 2.05) is 0 Å². The van der Waals surface area contributed by atoms with Crippen molar-refractivity contribution in [2.24, 2.45) is 0 Å². The summed E-state index contributed by atoms with van der Waals surface area (Å²) in [5, 5.41) is 0.941. The molecular weight excluding hydrogens is 721 g/mol. The minimum atomic E-state index is -2.27. The molecule has 0 saturated carbocycles. The van der Waals surface area contributed by atoms with E-state index in [0.29, 0.717) is 28.7 Å². The Balaban J connectivity index is 5.15. The smallest absolute Gasteiger partial charge is 0.242 e. The molecule has 0 unspecified atom stereocenters. The number of hydrogen-bond acceptors (Lipinski definition) is 7. The molecule has 0 aliphatic heterocycles. The SMILES string of the molecule is C[Si](C)(C)OC(=C(O[Si](C)(C)C)[Si](C)(C)C)c1c(O[Si](C)(C)C)c(O[Si](C)(C)C)c(O[Si](C)(C)C)c(O[Si](C)(C)C)c1O[Si](C)(C)C. The summed E-state index contributed by atoms with van der Waals surface area (Å²) in [4.78, 5) is 0. The molecule has 0 atom stereocenters.